The van der Waals surface area contributed by atoms with Crippen molar-refractivity contribution in [3.8, 4) is 0 Å². The normalized spacial score (nSPS) is 19.0. The third-order valence-electron chi connectivity index (χ3n) is 3.19. The molecule has 1 aliphatic rings. The lowest BCUT2D eigenvalue weighted by Crippen LogP contribution is -2.36. The summed E-state index contributed by atoms with van der Waals surface area (Å²) in [6, 6.07) is 3.68. The van der Waals surface area contributed by atoms with Gasteiger partial charge in [0.1, 0.15) is 11.4 Å². The molecule has 0 amide bonds. The molecule has 100 valence electrons. The summed E-state index contributed by atoms with van der Waals surface area (Å²) in [6.45, 7) is 1.85. The van der Waals surface area contributed by atoms with Crippen molar-refractivity contribution >= 4 is 28.5 Å². The van der Waals surface area contributed by atoms with Gasteiger partial charge in [0.05, 0.1) is 6.10 Å². The summed E-state index contributed by atoms with van der Waals surface area (Å²) in [5.41, 5.74) is 0.995. The molecule has 0 saturated carbocycles. The smallest absolute Gasteiger partial charge is 0.247 e. The molecule has 0 aliphatic carbocycles. The zero-order valence-electron chi connectivity index (χ0n) is 10.6. The second-order valence-electron chi connectivity index (χ2n) is 4.36. The first kappa shape index (κ1) is 13.9. The van der Waals surface area contributed by atoms with Crippen LogP contribution in [0, 0.1) is 0 Å². The van der Waals surface area contributed by atoms with Gasteiger partial charge in [0.2, 0.25) is 5.03 Å². The van der Waals surface area contributed by atoms with Crippen LogP contribution in [0.5, 0.6) is 0 Å². The molecule has 1 atom stereocenters. The number of methoxy groups -OCH3 is 1. The Morgan fingerprint density at radius 1 is 1.44 bits per heavy atom. The molecule has 0 N–H and O–H groups in total. The maximum absolute atomic E-state index is 11.5. The van der Waals surface area contributed by atoms with Crippen LogP contribution in [0.4, 0.5) is 5.69 Å². The Balaban J connectivity index is 2.13. The van der Waals surface area contributed by atoms with Crippen LogP contribution in [0.2, 0.25) is 5.15 Å². The van der Waals surface area contributed by atoms with Crippen LogP contribution < -0.4 is 4.90 Å². The highest BCUT2D eigenvalue weighted by molar-refractivity contribution is 7.90. The molecule has 1 unspecified atom stereocenters. The Morgan fingerprint density at radius 3 is 2.67 bits per heavy atom. The standard InChI is InChI=1S/C12H17ClN2O2S/c1-17-10-3-5-15(6-4-10)9-7-11(13)14-12(8-9)18(2)16/h7-8,10H,3-6H2,1-2H3. The molecule has 6 heteroatoms. The van der Waals surface area contributed by atoms with E-state index in [9.17, 15) is 4.55 Å². The Morgan fingerprint density at radius 2 is 2.11 bits per heavy atom. The Hall–Kier alpha value is -0.490. The number of anilines is 1. The second-order valence-corrected chi connectivity index (χ2v) is 6.08. The van der Waals surface area contributed by atoms with Gasteiger partial charge in [0.15, 0.2) is 0 Å². The Kier molecular flexibility index (Phi) is 4.72. The topological polar surface area (TPSA) is 48.4 Å². The average molecular weight is 289 g/mol. The number of aromatic nitrogens is 1. The van der Waals surface area contributed by atoms with Crippen LogP contribution in [0.1, 0.15) is 12.8 Å². The number of pyridine rings is 1. The monoisotopic (exact) mass is 288 g/mol. The van der Waals surface area contributed by atoms with Crippen molar-refractivity contribution in [3.05, 3.63) is 17.3 Å². The third kappa shape index (κ3) is 3.29. The van der Waals surface area contributed by atoms with Crippen LogP contribution in [0.3, 0.4) is 0 Å². The van der Waals surface area contributed by atoms with E-state index < -0.39 is 11.2 Å². The number of halogens is 1. The minimum Gasteiger partial charge on any atom is -0.610 e. The fourth-order valence-corrected chi connectivity index (χ4v) is 2.91. The lowest BCUT2D eigenvalue weighted by atomic mass is 10.1. The molecule has 1 aromatic rings. The predicted octanol–water partition coefficient (Wildman–Crippen LogP) is 2.09. The highest BCUT2D eigenvalue weighted by Gasteiger charge is 2.21. The molecule has 2 heterocycles. The zero-order chi connectivity index (χ0) is 13.1. The zero-order valence-corrected chi connectivity index (χ0v) is 12.1. The van der Waals surface area contributed by atoms with Gasteiger partial charge < -0.3 is 14.2 Å². The van der Waals surface area contributed by atoms with Crippen LogP contribution in [-0.2, 0) is 15.9 Å². The minimum absolute atomic E-state index is 0.346. The predicted molar refractivity (Wildman–Crippen MR) is 73.8 cm³/mol. The van der Waals surface area contributed by atoms with Gasteiger partial charge in [-0.05, 0) is 18.9 Å². The molecule has 0 radical (unpaired) electrons. The summed E-state index contributed by atoms with van der Waals surface area (Å²) in [7, 11) is 1.75. The number of hydrogen-bond acceptors (Lipinski definition) is 4. The van der Waals surface area contributed by atoms with Crippen molar-refractivity contribution in [1.82, 2.24) is 4.98 Å². The van der Waals surface area contributed by atoms with E-state index in [-0.39, 0.29) is 0 Å². The Bertz CT molecular complexity index is 409. The third-order valence-corrected chi connectivity index (χ3v) is 4.18. The average Bonchev–Trinajstić information content (AvgIpc) is 2.38. The maximum Gasteiger partial charge on any atom is 0.247 e. The molecule has 0 aromatic carbocycles. The van der Waals surface area contributed by atoms with Crippen LogP contribution in [-0.4, -0.2) is 42.1 Å². The Labute approximate surface area is 115 Å². The lowest BCUT2D eigenvalue weighted by molar-refractivity contribution is 0.0819. The lowest BCUT2D eigenvalue weighted by Gasteiger charge is -2.32. The van der Waals surface area contributed by atoms with Crippen molar-refractivity contribution in [2.24, 2.45) is 0 Å². The first-order chi connectivity index (χ1) is 8.60. The SMILES string of the molecule is COC1CCN(c2cc(Cl)nc([S+](C)[O-])c2)CC1. The summed E-state index contributed by atoms with van der Waals surface area (Å²) in [5.74, 6) is 0. The first-order valence-electron chi connectivity index (χ1n) is 5.89. The maximum atomic E-state index is 11.5. The highest BCUT2D eigenvalue weighted by atomic mass is 35.5. The van der Waals surface area contributed by atoms with Gasteiger partial charge in [0, 0.05) is 43.1 Å². The molecule has 1 saturated heterocycles. The molecular formula is C12H17ClN2O2S. The van der Waals surface area contributed by atoms with Gasteiger partial charge >= 0.3 is 0 Å². The van der Waals surface area contributed by atoms with Gasteiger partial charge in [-0.25, -0.2) is 0 Å². The fourth-order valence-electron chi connectivity index (χ4n) is 2.14. The van der Waals surface area contributed by atoms with Gasteiger partial charge in [-0.15, -0.1) is 0 Å². The number of ether oxygens (including phenoxy) is 1. The summed E-state index contributed by atoms with van der Waals surface area (Å²) in [6.07, 6.45) is 3.96. The highest BCUT2D eigenvalue weighted by Crippen LogP contribution is 2.25. The van der Waals surface area contributed by atoms with E-state index in [1.807, 2.05) is 12.1 Å². The van der Waals surface area contributed by atoms with Crippen molar-refractivity contribution < 1.29 is 9.29 Å². The number of piperidine rings is 1. The number of nitrogens with zero attached hydrogens (tertiary/aromatic N) is 2. The summed E-state index contributed by atoms with van der Waals surface area (Å²) in [5, 5.41) is 0.929. The number of hydrogen-bond donors (Lipinski definition) is 0. The second kappa shape index (κ2) is 6.10. The first-order valence-corrected chi connectivity index (χ1v) is 7.82. The van der Waals surface area contributed by atoms with Crippen LogP contribution >= 0.6 is 11.6 Å². The van der Waals surface area contributed by atoms with Gasteiger partial charge in [-0.1, -0.05) is 11.6 Å². The van der Waals surface area contributed by atoms with Gasteiger partial charge in [0.25, 0.3) is 0 Å². The van der Waals surface area contributed by atoms with Crippen molar-refractivity contribution in [2.75, 3.05) is 31.4 Å². The molecule has 2 rings (SSSR count). The van der Waals surface area contributed by atoms with E-state index in [1.165, 1.54) is 0 Å². The molecule has 1 aliphatic heterocycles. The van der Waals surface area contributed by atoms with Crippen molar-refractivity contribution in [2.45, 2.75) is 24.0 Å². The fraction of sp³-hybridized carbons (Fsp3) is 0.583. The van der Waals surface area contributed by atoms with Crippen molar-refractivity contribution in [1.29, 1.82) is 0 Å². The summed E-state index contributed by atoms with van der Waals surface area (Å²) >= 11 is 4.86. The minimum atomic E-state index is -1.11. The molecule has 1 fully saturated rings. The molecule has 1 aromatic heterocycles. The van der Waals surface area contributed by atoms with E-state index in [0.29, 0.717) is 16.3 Å². The number of rotatable bonds is 3. The summed E-state index contributed by atoms with van der Waals surface area (Å²) < 4.78 is 16.8. The van der Waals surface area contributed by atoms with E-state index in [4.69, 9.17) is 16.3 Å². The molecule has 0 bridgehead atoms. The van der Waals surface area contributed by atoms with E-state index in [1.54, 1.807) is 13.4 Å². The van der Waals surface area contributed by atoms with Crippen molar-refractivity contribution in [3.63, 3.8) is 0 Å². The van der Waals surface area contributed by atoms with E-state index in [2.05, 4.69) is 9.88 Å². The molecule has 4 nitrogen and oxygen atoms in total. The summed E-state index contributed by atoms with van der Waals surface area (Å²) in [4.78, 5) is 6.31. The molecule has 0 spiro atoms. The van der Waals surface area contributed by atoms with Crippen LogP contribution in [0.15, 0.2) is 17.2 Å². The molecular weight excluding hydrogens is 272 g/mol. The van der Waals surface area contributed by atoms with E-state index in [0.717, 1.165) is 31.6 Å². The quantitative estimate of drug-likeness (QED) is 0.631. The molecule has 18 heavy (non-hydrogen) atoms. The largest absolute Gasteiger partial charge is 0.610 e. The van der Waals surface area contributed by atoms with Crippen LogP contribution in [0.25, 0.3) is 0 Å². The van der Waals surface area contributed by atoms with E-state index >= 15 is 0 Å². The van der Waals surface area contributed by atoms with Gasteiger partial charge in [-0.3, -0.25) is 0 Å². The van der Waals surface area contributed by atoms with Gasteiger partial charge in [-0.2, -0.15) is 4.98 Å².